The molecule has 2 rings (SSSR count). The zero-order valence-corrected chi connectivity index (χ0v) is 12.2. The van der Waals surface area contributed by atoms with Crippen molar-refractivity contribution in [2.75, 3.05) is 12.4 Å². The zero-order chi connectivity index (χ0) is 14.0. The Kier molecular flexibility index (Phi) is 3.90. The Labute approximate surface area is 116 Å². The molecule has 0 aliphatic carbocycles. The van der Waals surface area contributed by atoms with Gasteiger partial charge < -0.3 is 15.1 Å². The van der Waals surface area contributed by atoms with Gasteiger partial charge in [0.05, 0.1) is 17.3 Å². The minimum Gasteiger partial charge on any atom is -0.464 e. The Morgan fingerprint density at radius 1 is 1.42 bits per heavy atom. The van der Waals surface area contributed by atoms with Crippen molar-refractivity contribution in [3.05, 3.63) is 34.9 Å². The van der Waals surface area contributed by atoms with Crippen LogP contribution in [-0.2, 0) is 0 Å². The summed E-state index contributed by atoms with van der Waals surface area (Å²) in [7, 11) is 1.78. The van der Waals surface area contributed by atoms with Crippen molar-refractivity contribution in [2.45, 2.75) is 26.8 Å². The van der Waals surface area contributed by atoms with Crippen molar-refractivity contribution in [3.63, 3.8) is 0 Å². The number of furan rings is 1. The third-order valence-corrected chi connectivity index (χ3v) is 3.81. The van der Waals surface area contributed by atoms with Crippen LogP contribution in [0.3, 0.4) is 0 Å². The Morgan fingerprint density at radius 2 is 2.16 bits per heavy atom. The van der Waals surface area contributed by atoms with E-state index in [9.17, 15) is 4.79 Å². The SMILES string of the molecule is CNc1snc(C)c1C(=O)N[C@@H](C)c1ccc(C)o1. The quantitative estimate of drug-likeness (QED) is 0.903. The summed E-state index contributed by atoms with van der Waals surface area (Å²) in [5.74, 6) is 1.44. The molecule has 0 aliphatic rings. The molecular formula is C13H17N3O2S. The third kappa shape index (κ3) is 2.78. The number of nitrogens with one attached hydrogen (secondary N) is 2. The first kappa shape index (κ1) is 13.6. The van der Waals surface area contributed by atoms with Gasteiger partial charge in [-0.2, -0.15) is 4.37 Å². The summed E-state index contributed by atoms with van der Waals surface area (Å²) in [5.41, 5.74) is 1.33. The molecule has 6 heteroatoms. The average Bonchev–Trinajstić information content (AvgIpc) is 2.95. The van der Waals surface area contributed by atoms with Gasteiger partial charge in [-0.05, 0) is 44.4 Å². The Balaban J connectivity index is 2.14. The predicted octanol–water partition coefficient (Wildman–Crippen LogP) is 2.89. The van der Waals surface area contributed by atoms with E-state index in [2.05, 4.69) is 15.0 Å². The largest absolute Gasteiger partial charge is 0.464 e. The van der Waals surface area contributed by atoms with Crippen molar-refractivity contribution in [3.8, 4) is 0 Å². The van der Waals surface area contributed by atoms with Crippen LogP contribution < -0.4 is 10.6 Å². The van der Waals surface area contributed by atoms with Gasteiger partial charge in [-0.25, -0.2) is 0 Å². The van der Waals surface area contributed by atoms with E-state index < -0.39 is 0 Å². The summed E-state index contributed by atoms with van der Waals surface area (Å²) >= 11 is 1.29. The molecule has 0 bridgehead atoms. The number of carbonyl (C=O) groups is 1. The van der Waals surface area contributed by atoms with Crippen LogP contribution in [0.15, 0.2) is 16.5 Å². The van der Waals surface area contributed by atoms with Crippen molar-refractivity contribution < 1.29 is 9.21 Å². The molecule has 0 spiro atoms. The van der Waals surface area contributed by atoms with Gasteiger partial charge in [0, 0.05) is 7.05 Å². The second kappa shape index (κ2) is 5.44. The number of carbonyl (C=O) groups excluding carboxylic acids is 1. The highest BCUT2D eigenvalue weighted by atomic mass is 32.1. The van der Waals surface area contributed by atoms with E-state index in [1.165, 1.54) is 11.5 Å². The first-order valence-electron chi connectivity index (χ1n) is 6.04. The summed E-state index contributed by atoms with van der Waals surface area (Å²) in [6.07, 6.45) is 0. The maximum Gasteiger partial charge on any atom is 0.256 e. The number of anilines is 1. The van der Waals surface area contributed by atoms with E-state index in [-0.39, 0.29) is 11.9 Å². The van der Waals surface area contributed by atoms with E-state index in [1.54, 1.807) is 7.05 Å². The summed E-state index contributed by atoms with van der Waals surface area (Å²) in [6, 6.07) is 3.58. The maximum atomic E-state index is 12.3. The smallest absolute Gasteiger partial charge is 0.256 e. The second-order valence-electron chi connectivity index (χ2n) is 4.37. The van der Waals surface area contributed by atoms with Gasteiger partial charge >= 0.3 is 0 Å². The van der Waals surface area contributed by atoms with Crippen molar-refractivity contribution in [1.29, 1.82) is 0 Å². The number of amides is 1. The molecule has 2 aromatic rings. The molecule has 0 unspecified atom stereocenters. The predicted molar refractivity (Wildman–Crippen MR) is 75.7 cm³/mol. The molecule has 0 aromatic carbocycles. The van der Waals surface area contributed by atoms with E-state index in [4.69, 9.17) is 4.42 Å². The van der Waals surface area contributed by atoms with Crippen LogP contribution in [0.2, 0.25) is 0 Å². The summed E-state index contributed by atoms with van der Waals surface area (Å²) in [5, 5.41) is 6.68. The van der Waals surface area contributed by atoms with Gasteiger partial charge in [-0.15, -0.1) is 0 Å². The molecule has 0 saturated carbocycles. The Bertz CT molecular complexity index is 588. The monoisotopic (exact) mass is 279 g/mol. The highest BCUT2D eigenvalue weighted by Gasteiger charge is 2.20. The van der Waals surface area contributed by atoms with Crippen molar-refractivity contribution in [1.82, 2.24) is 9.69 Å². The minimum absolute atomic E-state index is 0.142. The fraction of sp³-hybridized carbons (Fsp3) is 0.385. The van der Waals surface area contributed by atoms with Gasteiger partial charge in [0.2, 0.25) is 0 Å². The number of aromatic nitrogens is 1. The zero-order valence-electron chi connectivity index (χ0n) is 11.4. The molecule has 0 radical (unpaired) electrons. The summed E-state index contributed by atoms with van der Waals surface area (Å²) in [6.45, 7) is 5.60. The molecule has 5 nitrogen and oxygen atoms in total. The molecule has 2 N–H and O–H groups in total. The first-order valence-corrected chi connectivity index (χ1v) is 6.81. The van der Waals surface area contributed by atoms with Crippen LogP contribution >= 0.6 is 11.5 Å². The molecule has 1 amide bonds. The van der Waals surface area contributed by atoms with Gasteiger partial charge in [-0.1, -0.05) is 0 Å². The highest BCUT2D eigenvalue weighted by Crippen LogP contribution is 2.25. The topological polar surface area (TPSA) is 67.2 Å². The average molecular weight is 279 g/mol. The van der Waals surface area contributed by atoms with E-state index in [1.807, 2.05) is 32.9 Å². The fourth-order valence-corrected chi connectivity index (χ4v) is 2.58. The van der Waals surface area contributed by atoms with Gasteiger partial charge in [0.25, 0.3) is 5.91 Å². The lowest BCUT2D eigenvalue weighted by atomic mass is 10.2. The molecule has 2 heterocycles. The summed E-state index contributed by atoms with van der Waals surface area (Å²) in [4.78, 5) is 12.3. The number of hydrogen-bond acceptors (Lipinski definition) is 5. The molecule has 0 aliphatic heterocycles. The molecule has 2 aromatic heterocycles. The van der Waals surface area contributed by atoms with Gasteiger partial charge in [0.1, 0.15) is 16.5 Å². The second-order valence-corrected chi connectivity index (χ2v) is 5.14. The maximum absolute atomic E-state index is 12.3. The van der Waals surface area contributed by atoms with E-state index in [0.29, 0.717) is 5.56 Å². The van der Waals surface area contributed by atoms with Crippen LogP contribution in [0.1, 0.15) is 40.5 Å². The van der Waals surface area contributed by atoms with E-state index in [0.717, 1.165) is 22.2 Å². The molecule has 1 atom stereocenters. The number of rotatable bonds is 4. The van der Waals surface area contributed by atoms with Gasteiger partial charge in [-0.3, -0.25) is 4.79 Å². The minimum atomic E-state index is -0.176. The number of hydrogen-bond donors (Lipinski definition) is 2. The van der Waals surface area contributed by atoms with Crippen LogP contribution in [0.5, 0.6) is 0 Å². The van der Waals surface area contributed by atoms with Crippen LogP contribution in [-0.4, -0.2) is 17.3 Å². The van der Waals surface area contributed by atoms with Crippen molar-refractivity contribution in [2.24, 2.45) is 0 Å². The van der Waals surface area contributed by atoms with Crippen LogP contribution in [0, 0.1) is 13.8 Å². The first-order chi connectivity index (χ1) is 9.02. The van der Waals surface area contributed by atoms with Crippen LogP contribution in [0.25, 0.3) is 0 Å². The van der Waals surface area contributed by atoms with Crippen molar-refractivity contribution >= 4 is 22.4 Å². The van der Waals surface area contributed by atoms with Gasteiger partial charge in [0.15, 0.2) is 0 Å². The third-order valence-electron chi connectivity index (χ3n) is 2.85. The fourth-order valence-electron chi connectivity index (χ4n) is 1.83. The molecular weight excluding hydrogens is 262 g/mol. The Morgan fingerprint density at radius 3 is 2.74 bits per heavy atom. The highest BCUT2D eigenvalue weighted by molar-refractivity contribution is 7.10. The molecule has 0 fully saturated rings. The normalized spacial score (nSPS) is 12.2. The lowest BCUT2D eigenvalue weighted by Gasteiger charge is -2.12. The lowest BCUT2D eigenvalue weighted by molar-refractivity contribution is 0.0935. The number of nitrogens with zero attached hydrogens (tertiary/aromatic N) is 1. The molecule has 0 saturated heterocycles. The Hall–Kier alpha value is -1.82. The molecule has 102 valence electrons. The molecule has 19 heavy (non-hydrogen) atoms. The van der Waals surface area contributed by atoms with E-state index >= 15 is 0 Å². The standard InChI is InChI=1S/C13H17N3O2S/c1-7-5-6-10(18-7)8(2)15-12(17)11-9(3)16-19-13(11)14-4/h5-6,8,14H,1-4H3,(H,15,17)/t8-/m0/s1. The number of aryl methyl sites for hydroxylation is 2. The summed E-state index contributed by atoms with van der Waals surface area (Å²) < 4.78 is 9.69. The lowest BCUT2D eigenvalue weighted by Crippen LogP contribution is -2.27. The van der Waals surface area contributed by atoms with Crippen LogP contribution in [0.4, 0.5) is 5.00 Å².